The van der Waals surface area contributed by atoms with Crippen molar-refractivity contribution in [1.82, 2.24) is 4.90 Å². The van der Waals surface area contributed by atoms with Gasteiger partial charge in [0.1, 0.15) is 5.60 Å². The summed E-state index contributed by atoms with van der Waals surface area (Å²) in [6.45, 7) is 6.46. The van der Waals surface area contributed by atoms with E-state index in [-0.39, 0.29) is 24.5 Å². The molecule has 2 rings (SSSR count). The van der Waals surface area contributed by atoms with Crippen LogP contribution in [0.1, 0.15) is 33.6 Å². The lowest BCUT2D eigenvalue weighted by Crippen LogP contribution is -2.46. The number of fused-ring (bicyclic) bond motifs is 2. The van der Waals surface area contributed by atoms with Gasteiger partial charge in [0.2, 0.25) is 0 Å². The van der Waals surface area contributed by atoms with Crippen LogP contribution in [-0.2, 0) is 4.74 Å². The Hall–Kier alpha value is -0.480. The van der Waals surface area contributed by atoms with Crippen LogP contribution in [0.4, 0.5) is 4.79 Å². The standard InChI is InChI=1S/C11H20N2O2.ClH/c1-11(2,3)15-10(14)13-6-7-4-8(13)5-9(7)12;/h7-9H,4-6,12H2,1-3H3;1H/t7-,8-,9?;/m1./s1. The first-order valence-electron chi connectivity index (χ1n) is 5.62. The number of nitrogens with two attached hydrogens (primary N) is 1. The van der Waals surface area contributed by atoms with Crippen molar-refractivity contribution >= 4 is 18.5 Å². The number of amides is 1. The molecular weight excluding hydrogens is 228 g/mol. The normalized spacial score (nSPS) is 32.5. The molecule has 0 aromatic heterocycles. The van der Waals surface area contributed by atoms with Gasteiger partial charge in [0.25, 0.3) is 0 Å². The molecule has 1 unspecified atom stereocenters. The third-order valence-corrected chi connectivity index (χ3v) is 3.22. The molecule has 94 valence electrons. The van der Waals surface area contributed by atoms with Crippen molar-refractivity contribution in [2.45, 2.75) is 51.3 Å². The average Bonchev–Trinajstić information content (AvgIpc) is 2.58. The molecule has 1 saturated heterocycles. The molecule has 1 aliphatic heterocycles. The van der Waals surface area contributed by atoms with Crippen LogP contribution in [0.15, 0.2) is 0 Å². The van der Waals surface area contributed by atoms with E-state index in [0.29, 0.717) is 12.0 Å². The first-order chi connectivity index (χ1) is 6.87. The number of likely N-dealkylation sites (tertiary alicyclic amines) is 1. The van der Waals surface area contributed by atoms with Crippen molar-refractivity contribution in [3.8, 4) is 0 Å². The fourth-order valence-electron chi connectivity index (χ4n) is 2.54. The molecule has 0 aromatic rings. The van der Waals surface area contributed by atoms with Crippen molar-refractivity contribution < 1.29 is 9.53 Å². The molecule has 2 fully saturated rings. The molecule has 1 amide bonds. The largest absolute Gasteiger partial charge is 0.444 e. The molecule has 1 heterocycles. The van der Waals surface area contributed by atoms with Crippen LogP contribution in [0, 0.1) is 5.92 Å². The molecule has 1 saturated carbocycles. The number of carbonyl (C=O) groups is 1. The lowest BCUT2D eigenvalue weighted by atomic mass is 10.0. The highest BCUT2D eigenvalue weighted by molar-refractivity contribution is 5.85. The molecule has 0 spiro atoms. The molecule has 0 radical (unpaired) electrons. The van der Waals surface area contributed by atoms with Gasteiger partial charge in [-0.3, -0.25) is 0 Å². The minimum absolute atomic E-state index is 0. The van der Waals surface area contributed by atoms with Crippen LogP contribution in [-0.4, -0.2) is 35.2 Å². The van der Waals surface area contributed by atoms with Crippen LogP contribution in [0.3, 0.4) is 0 Å². The number of piperidine rings is 1. The molecule has 2 bridgehead atoms. The minimum atomic E-state index is -0.402. The number of hydrogen-bond acceptors (Lipinski definition) is 3. The smallest absolute Gasteiger partial charge is 0.410 e. The van der Waals surface area contributed by atoms with Gasteiger partial charge in [-0.2, -0.15) is 0 Å². The molecule has 1 aliphatic carbocycles. The summed E-state index contributed by atoms with van der Waals surface area (Å²) in [6, 6.07) is 0.605. The highest BCUT2D eigenvalue weighted by Crippen LogP contribution is 2.37. The Labute approximate surface area is 103 Å². The molecule has 2 N–H and O–H groups in total. The zero-order valence-electron chi connectivity index (χ0n) is 10.1. The lowest BCUT2D eigenvalue weighted by Gasteiger charge is -2.31. The molecule has 2 aliphatic rings. The Bertz CT molecular complexity index is 276. The van der Waals surface area contributed by atoms with Crippen molar-refractivity contribution in [3.05, 3.63) is 0 Å². The number of rotatable bonds is 0. The summed E-state index contributed by atoms with van der Waals surface area (Å²) in [7, 11) is 0. The quantitative estimate of drug-likeness (QED) is 0.711. The summed E-state index contributed by atoms with van der Waals surface area (Å²) >= 11 is 0. The maximum absolute atomic E-state index is 11.8. The summed E-state index contributed by atoms with van der Waals surface area (Å²) in [4.78, 5) is 13.7. The summed E-state index contributed by atoms with van der Waals surface area (Å²) in [5.41, 5.74) is 5.53. The van der Waals surface area contributed by atoms with E-state index >= 15 is 0 Å². The van der Waals surface area contributed by atoms with Gasteiger partial charge in [-0.25, -0.2) is 4.79 Å². The lowest BCUT2D eigenvalue weighted by molar-refractivity contribution is 0.0183. The number of nitrogens with zero attached hydrogens (tertiary/aromatic N) is 1. The van der Waals surface area contributed by atoms with Gasteiger partial charge >= 0.3 is 6.09 Å². The highest BCUT2D eigenvalue weighted by atomic mass is 35.5. The van der Waals surface area contributed by atoms with Gasteiger partial charge < -0.3 is 15.4 Å². The van der Waals surface area contributed by atoms with E-state index in [0.717, 1.165) is 19.4 Å². The Kier molecular flexibility index (Phi) is 3.75. The van der Waals surface area contributed by atoms with Crippen LogP contribution < -0.4 is 5.73 Å². The molecule has 0 aromatic carbocycles. The Morgan fingerprint density at radius 1 is 1.38 bits per heavy atom. The zero-order chi connectivity index (χ0) is 11.2. The number of carbonyl (C=O) groups excluding carboxylic acids is 1. The fraction of sp³-hybridized carbons (Fsp3) is 0.909. The second-order valence-electron chi connectivity index (χ2n) is 5.68. The first-order valence-corrected chi connectivity index (χ1v) is 5.62. The van der Waals surface area contributed by atoms with Crippen molar-refractivity contribution in [2.24, 2.45) is 11.7 Å². The van der Waals surface area contributed by atoms with E-state index in [1.54, 1.807) is 0 Å². The Balaban J connectivity index is 0.00000128. The van der Waals surface area contributed by atoms with Gasteiger partial charge in [0.05, 0.1) is 0 Å². The van der Waals surface area contributed by atoms with Crippen molar-refractivity contribution in [1.29, 1.82) is 0 Å². The maximum atomic E-state index is 11.8. The van der Waals surface area contributed by atoms with Crippen molar-refractivity contribution in [3.63, 3.8) is 0 Å². The van der Waals surface area contributed by atoms with Gasteiger partial charge in [-0.15, -0.1) is 12.4 Å². The van der Waals surface area contributed by atoms with Crippen molar-refractivity contribution in [2.75, 3.05) is 6.54 Å². The van der Waals surface area contributed by atoms with E-state index in [2.05, 4.69) is 0 Å². The van der Waals surface area contributed by atoms with Crippen LogP contribution >= 0.6 is 12.4 Å². The fourth-order valence-corrected chi connectivity index (χ4v) is 2.54. The first kappa shape index (κ1) is 13.6. The minimum Gasteiger partial charge on any atom is -0.444 e. The molecule has 3 atom stereocenters. The maximum Gasteiger partial charge on any atom is 0.410 e. The Morgan fingerprint density at radius 2 is 2.00 bits per heavy atom. The predicted octanol–water partition coefficient (Wildman–Crippen LogP) is 1.76. The summed E-state index contributed by atoms with van der Waals surface area (Å²) in [5, 5.41) is 0. The van der Waals surface area contributed by atoms with E-state index in [1.807, 2.05) is 25.7 Å². The number of ether oxygens (including phenoxy) is 1. The van der Waals surface area contributed by atoms with E-state index in [4.69, 9.17) is 10.5 Å². The second kappa shape index (κ2) is 4.41. The summed E-state index contributed by atoms with van der Waals surface area (Å²) < 4.78 is 5.36. The summed E-state index contributed by atoms with van der Waals surface area (Å²) in [5.74, 6) is 0.488. The third kappa shape index (κ3) is 2.61. The molecule has 4 nitrogen and oxygen atoms in total. The van der Waals surface area contributed by atoms with Gasteiger partial charge in [0, 0.05) is 18.6 Å². The number of hydrogen-bond donors (Lipinski definition) is 1. The monoisotopic (exact) mass is 248 g/mol. The third-order valence-electron chi connectivity index (χ3n) is 3.22. The van der Waals surface area contributed by atoms with E-state index in [9.17, 15) is 4.79 Å². The topological polar surface area (TPSA) is 55.6 Å². The SMILES string of the molecule is CC(C)(C)OC(=O)N1C[C@H]2C[C@@H]1CC2N.Cl. The zero-order valence-corrected chi connectivity index (χ0v) is 10.9. The average molecular weight is 249 g/mol. The van der Waals surface area contributed by atoms with Gasteiger partial charge in [-0.05, 0) is 39.5 Å². The second-order valence-corrected chi connectivity index (χ2v) is 5.68. The number of halogens is 1. The van der Waals surface area contributed by atoms with Crippen LogP contribution in [0.5, 0.6) is 0 Å². The van der Waals surface area contributed by atoms with E-state index < -0.39 is 5.60 Å². The Morgan fingerprint density at radius 3 is 2.38 bits per heavy atom. The summed E-state index contributed by atoms with van der Waals surface area (Å²) in [6.07, 6.45) is 1.81. The molecule has 16 heavy (non-hydrogen) atoms. The highest BCUT2D eigenvalue weighted by Gasteiger charge is 2.46. The van der Waals surface area contributed by atoms with Crippen LogP contribution in [0.25, 0.3) is 0 Å². The van der Waals surface area contributed by atoms with Gasteiger partial charge in [-0.1, -0.05) is 0 Å². The van der Waals surface area contributed by atoms with Crippen LogP contribution in [0.2, 0.25) is 0 Å². The van der Waals surface area contributed by atoms with E-state index in [1.165, 1.54) is 0 Å². The molecule has 5 heteroatoms. The van der Waals surface area contributed by atoms with Gasteiger partial charge in [0.15, 0.2) is 0 Å². The predicted molar refractivity (Wildman–Crippen MR) is 64.7 cm³/mol. The molecular formula is C11H21ClN2O2.